The molecule has 0 aromatic rings. The summed E-state index contributed by atoms with van der Waals surface area (Å²) in [5, 5.41) is 0. The molecule has 64 valence electrons. The van der Waals surface area contributed by atoms with Crippen LogP contribution in [0.5, 0.6) is 0 Å². The van der Waals surface area contributed by atoms with E-state index in [2.05, 4.69) is 0 Å². The minimum atomic E-state index is -3.25. The topological polar surface area (TPSA) is 54.5 Å². The van der Waals surface area contributed by atoms with E-state index in [4.69, 9.17) is 0 Å². The molecule has 0 radical (unpaired) electrons. The van der Waals surface area contributed by atoms with Crippen molar-refractivity contribution in [2.45, 2.75) is 19.9 Å². The van der Waals surface area contributed by atoms with Gasteiger partial charge in [-0.25, -0.2) is 8.42 Å². The quantitative estimate of drug-likeness (QED) is 0.548. The normalized spacial score (nSPS) is 24.8. The van der Waals surface area contributed by atoms with Crippen LogP contribution in [-0.2, 0) is 14.8 Å². The van der Waals surface area contributed by atoms with E-state index in [1.54, 1.807) is 13.8 Å². The van der Waals surface area contributed by atoms with Crippen LogP contribution >= 0.6 is 0 Å². The molecule has 0 bridgehead atoms. The summed E-state index contributed by atoms with van der Waals surface area (Å²) in [7, 11) is -3.25. The summed E-state index contributed by atoms with van der Waals surface area (Å²) in [5.74, 6) is -0.524. The molecule has 4 nitrogen and oxygen atoms in total. The van der Waals surface area contributed by atoms with E-state index in [0.717, 1.165) is 0 Å². The van der Waals surface area contributed by atoms with Gasteiger partial charge in [0.25, 0.3) is 0 Å². The highest BCUT2D eigenvalue weighted by molar-refractivity contribution is 7.90. The van der Waals surface area contributed by atoms with Crippen LogP contribution in [0, 0.1) is 0 Å². The molecule has 0 aromatic carbocycles. The fourth-order valence-corrected chi connectivity index (χ4v) is 2.76. The number of sulfonamides is 1. The maximum absolute atomic E-state index is 11.1. The minimum Gasteiger partial charge on any atom is -0.297 e. The summed E-state index contributed by atoms with van der Waals surface area (Å²) in [6.07, 6.45) is 0. The van der Waals surface area contributed by atoms with Gasteiger partial charge in [0.15, 0.2) is 5.78 Å². The van der Waals surface area contributed by atoms with E-state index < -0.39 is 10.0 Å². The third kappa shape index (κ3) is 1.59. The predicted molar refractivity (Wildman–Crippen MR) is 40.6 cm³/mol. The third-order valence-corrected chi connectivity index (χ3v) is 3.56. The Morgan fingerprint density at radius 2 is 2.00 bits per heavy atom. The van der Waals surface area contributed by atoms with Crippen LogP contribution < -0.4 is 0 Å². The summed E-state index contributed by atoms with van der Waals surface area (Å²) >= 11 is 0. The first kappa shape index (κ1) is 8.67. The van der Waals surface area contributed by atoms with Crippen molar-refractivity contribution in [3.05, 3.63) is 0 Å². The van der Waals surface area contributed by atoms with Crippen molar-refractivity contribution in [2.75, 3.05) is 12.3 Å². The van der Waals surface area contributed by atoms with Crippen molar-refractivity contribution in [2.24, 2.45) is 0 Å². The predicted octanol–water partition coefficient (Wildman–Crippen LogP) is -0.391. The molecule has 1 heterocycles. The maximum Gasteiger partial charge on any atom is 0.221 e. The molecule has 5 heteroatoms. The molecule has 1 rings (SSSR count). The van der Waals surface area contributed by atoms with Crippen LogP contribution in [0.4, 0.5) is 0 Å². The Morgan fingerprint density at radius 3 is 2.18 bits per heavy atom. The Hall–Kier alpha value is -0.420. The largest absolute Gasteiger partial charge is 0.297 e. The third-order valence-electron chi connectivity index (χ3n) is 1.61. The molecule has 0 spiro atoms. The molecular formula is C6H11NO3S. The summed E-state index contributed by atoms with van der Waals surface area (Å²) in [6.45, 7) is 3.58. The van der Waals surface area contributed by atoms with Gasteiger partial charge < -0.3 is 0 Å². The zero-order chi connectivity index (χ0) is 8.65. The fourth-order valence-electron chi connectivity index (χ4n) is 1.11. The van der Waals surface area contributed by atoms with E-state index in [1.165, 1.54) is 4.31 Å². The zero-order valence-corrected chi connectivity index (χ0v) is 7.39. The molecule has 0 saturated carbocycles. The van der Waals surface area contributed by atoms with Crippen molar-refractivity contribution >= 4 is 15.8 Å². The molecule has 0 aliphatic carbocycles. The van der Waals surface area contributed by atoms with Gasteiger partial charge in [0.2, 0.25) is 10.0 Å². The second kappa shape index (κ2) is 2.57. The van der Waals surface area contributed by atoms with Crippen molar-refractivity contribution in [1.29, 1.82) is 0 Å². The van der Waals surface area contributed by atoms with Gasteiger partial charge in [0.05, 0.1) is 6.54 Å². The summed E-state index contributed by atoms with van der Waals surface area (Å²) < 4.78 is 23.5. The summed E-state index contributed by atoms with van der Waals surface area (Å²) in [5.41, 5.74) is 0. The standard InChI is InChI=1S/C6H11NO3S/c1-5(2)7-3-6(8)4-11(7,9)10/h5H,3-4H2,1-2H3. The SMILES string of the molecule is CC(C)N1CC(=O)CS1(=O)=O. The second-order valence-electron chi connectivity index (χ2n) is 2.93. The summed E-state index contributed by atoms with van der Waals surface area (Å²) in [4.78, 5) is 10.8. The average molecular weight is 177 g/mol. The van der Waals surface area contributed by atoms with Crippen LogP contribution in [0.25, 0.3) is 0 Å². The van der Waals surface area contributed by atoms with Crippen LogP contribution in [-0.4, -0.2) is 36.8 Å². The smallest absolute Gasteiger partial charge is 0.221 e. The molecule has 0 amide bonds. The first-order chi connectivity index (χ1) is 4.93. The van der Waals surface area contributed by atoms with Crippen molar-refractivity contribution in [3.8, 4) is 0 Å². The number of nitrogens with zero attached hydrogens (tertiary/aromatic N) is 1. The molecule has 0 aromatic heterocycles. The number of carbonyl (C=O) groups excluding carboxylic acids is 1. The Labute approximate surface area is 66.2 Å². The van der Waals surface area contributed by atoms with Gasteiger partial charge >= 0.3 is 0 Å². The van der Waals surface area contributed by atoms with Gasteiger partial charge in [-0.05, 0) is 13.8 Å². The van der Waals surface area contributed by atoms with Crippen molar-refractivity contribution < 1.29 is 13.2 Å². The van der Waals surface area contributed by atoms with E-state index in [1.807, 2.05) is 0 Å². The molecule has 0 unspecified atom stereocenters. The van der Waals surface area contributed by atoms with Crippen molar-refractivity contribution in [3.63, 3.8) is 0 Å². The lowest BCUT2D eigenvalue weighted by atomic mass is 10.3. The second-order valence-corrected chi connectivity index (χ2v) is 4.86. The monoisotopic (exact) mass is 177 g/mol. The van der Waals surface area contributed by atoms with Crippen LogP contribution in [0.15, 0.2) is 0 Å². The number of Topliss-reactive ketones (excluding diaryl/α,β-unsaturated/α-hetero) is 1. The van der Waals surface area contributed by atoms with E-state index in [-0.39, 0.29) is 24.1 Å². The Morgan fingerprint density at radius 1 is 1.45 bits per heavy atom. The highest BCUT2D eigenvalue weighted by atomic mass is 32.2. The van der Waals surface area contributed by atoms with E-state index >= 15 is 0 Å². The Kier molecular flexibility index (Phi) is 2.02. The maximum atomic E-state index is 11.1. The van der Waals surface area contributed by atoms with E-state index in [9.17, 15) is 13.2 Å². The zero-order valence-electron chi connectivity index (χ0n) is 6.57. The lowest BCUT2D eigenvalue weighted by Gasteiger charge is -2.16. The lowest BCUT2D eigenvalue weighted by molar-refractivity contribution is -0.116. The van der Waals surface area contributed by atoms with Crippen LogP contribution in [0.3, 0.4) is 0 Å². The Balaban J connectivity index is 2.92. The van der Waals surface area contributed by atoms with Gasteiger partial charge in [0.1, 0.15) is 5.75 Å². The molecule has 1 saturated heterocycles. The number of carbonyl (C=O) groups is 1. The number of ketones is 1. The highest BCUT2D eigenvalue weighted by Crippen LogP contribution is 2.13. The minimum absolute atomic E-state index is 0.0556. The number of hydrogen-bond acceptors (Lipinski definition) is 3. The first-order valence-electron chi connectivity index (χ1n) is 3.44. The molecule has 1 fully saturated rings. The number of rotatable bonds is 1. The molecule has 0 N–H and O–H groups in total. The van der Waals surface area contributed by atoms with Gasteiger partial charge in [-0.15, -0.1) is 0 Å². The molecule has 1 aliphatic heterocycles. The molecule has 1 aliphatic rings. The van der Waals surface area contributed by atoms with Crippen LogP contribution in [0.2, 0.25) is 0 Å². The highest BCUT2D eigenvalue weighted by Gasteiger charge is 2.35. The fraction of sp³-hybridized carbons (Fsp3) is 0.833. The van der Waals surface area contributed by atoms with Crippen LogP contribution in [0.1, 0.15) is 13.8 Å². The first-order valence-corrected chi connectivity index (χ1v) is 5.05. The number of hydrogen-bond donors (Lipinski definition) is 0. The molecule has 11 heavy (non-hydrogen) atoms. The molecular weight excluding hydrogens is 166 g/mol. The van der Waals surface area contributed by atoms with Gasteiger partial charge in [-0.2, -0.15) is 4.31 Å². The van der Waals surface area contributed by atoms with Crippen molar-refractivity contribution in [1.82, 2.24) is 4.31 Å². The lowest BCUT2D eigenvalue weighted by Crippen LogP contribution is -2.32. The van der Waals surface area contributed by atoms with Gasteiger partial charge in [-0.1, -0.05) is 0 Å². The van der Waals surface area contributed by atoms with Gasteiger partial charge in [-0.3, -0.25) is 4.79 Å². The average Bonchev–Trinajstić information content (AvgIpc) is 2.04. The molecule has 0 atom stereocenters. The summed E-state index contributed by atoms with van der Waals surface area (Å²) in [6, 6.07) is -0.105. The Bertz CT molecular complexity index is 268. The van der Waals surface area contributed by atoms with Gasteiger partial charge in [0, 0.05) is 6.04 Å². The van der Waals surface area contributed by atoms with E-state index in [0.29, 0.717) is 0 Å².